The topological polar surface area (TPSA) is 57.2 Å². The van der Waals surface area contributed by atoms with E-state index in [0.717, 1.165) is 51.1 Å². The third-order valence-corrected chi connectivity index (χ3v) is 6.76. The van der Waals surface area contributed by atoms with E-state index in [1.807, 2.05) is 0 Å². The normalized spacial score (nSPS) is 19.3. The molecular weight excluding hydrogens is 350 g/mol. The fourth-order valence-corrected chi connectivity index (χ4v) is 5.25. The minimum atomic E-state index is -0.241. The number of aromatic nitrogens is 3. The highest BCUT2D eigenvalue weighted by molar-refractivity contribution is 5.81. The zero-order valence-electron chi connectivity index (χ0n) is 16.6. The summed E-state index contributed by atoms with van der Waals surface area (Å²) >= 11 is 0. The molecule has 6 nitrogen and oxygen atoms in total. The monoisotopic (exact) mass is 377 g/mol. The highest BCUT2D eigenvalue weighted by atomic mass is 16.2. The van der Waals surface area contributed by atoms with Crippen molar-refractivity contribution in [2.24, 2.45) is 7.05 Å². The van der Waals surface area contributed by atoms with E-state index in [2.05, 4.69) is 61.7 Å². The molecule has 0 radical (unpaired) electrons. The van der Waals surface area contributed by atoms with Gasteiger partial charge in [0.2, 0.25) is 5.91 Å². The second-order valence-corrected chi connectivity index (χ2v) is 8.21. The van der Waals surface area contributed by atoms with Crippen molar-refractivity contribution in [2.75, 3.05) is 19.6 Å². The number of H-pyrrole nitrogens is 1. The summed E-state index contributed by atoms with van der Waals surface area (Å²) in [7, 11) is 2.15. The number of fused-ring (bicyclic) bond motifs is 3. The second kappa shape index (κ2) is 6.48. The molecule has 0 saturated carbocycles. The Hall–Kier alpha value is -2.60. The molecule has 1 amide bonds. The number of amides is 1. The predicted octanol–water partition coefficient (Wildman–Crippen LogP) is 2.80. The van der Waals surface area contributed by atoms with Gasteiger partial charge in [-0.15, -0.1) is 0 Å². The van der Waals surface area contributed by atoms with Gasteiger partial charge in [0.15, 0.2) is 0 Å². The van der Waals surface area contributed by atoms with Gasteiger partial charge >= 0.3 is 0 Å². The maximum absolute atomic E-state index is 12.4. The summed E-state index contributed by atoms with van der Waals surface area (Å²) in [5, 5.41) is 1.30. The zero-order valence-corrected chi connectivity index (χ0v) is 16.6. The lowest BCUT2D eigenvalue weighted by atomic mass is 9.78. The van der Waals surface area contributed by atoms with Crippen LogP contribution in [0.25, 0.3) is 10.9 Å². The third-order valence-electron chi connectivity index (χ3n) is 6.76. The summed E-state index contributed by atoms with van der Waals surface area (Å²) in [6.07, 6.45) is 4.54. The van der Waals surface area contributed by atoms with E-state index < -0.39 is 0 Å². The molecule has 6 heteroatoms. The van der Waals surface area contributed by atoms with Crippen molar-refractivity contribution in [3.05, 3.63) is 53.7 Å². The number of nitrogens with one attached hydrogen (secondary N) is 1. The third kappa shape index (κ3) is 2.58. The molecule has 28 heavy (non-hydrogen) atoms. The summed E-state index contributed by atoms with van der Waals surface area (Å²) in [6.45, 7) is 5.36. The highest BCUT2D eigenvalue weighted by Gasteiger charge is 2.47. The fourth-order valence-electron chi connectivity index (χ4n) is 5.25. The summed E-state index contributed by atoms with van der Waals surface area (Å²) in [6, 6.07) is 10.8. The van der Waals surface area contributed by atoms with E-state index in [4.69, 9.17) is 0 Å². The van der Waals surface area contributed by atoms with Crippen molar-refractivity contribution in [2.45, 2.75) is 38.3 Å². The van der Waals surface area contributed by atoms with Gasteiger partial charge in [-0.2, -0.15) is 0 Å². The average molecular weight is 377 g/mol. The van der Waals surface area contributed by atoms with Crippen molar-refractivity contribution < 1.29 is 4.79 Å². The molecule has 0 atom stereocenters. The van der Waals surface area contributed by atoms with Crippen LogP contribution in [0.1, 0.15) is 36.8 Å². The summed E-state index contributed by atoms with van der Waals surface area (Å²) in [5.41, 5.74) is 4.68. The number of carbonyl (C=O) groups is 1. The van der Waals surface area contributed by atoms with Crippen molar-refractivity contribution >= 4 is 16.8 Å². The van der Waals surface area contributed by atoms with Gasteiger partial charge in [0.1, 0.15) is 0 Å². The molecule has 1 fully saturated rings. The van der Waals surface area contributed by atoms with Gasteiger partial charge in [0.25, 0.3) is 0 Å². The van der Waals surface area contributed by atoms with E-state index in [-0.39, 0.29) is 11.4 Å². The van der Waals surface area contributed by atoms with Crippen LogP contribution in [0.3, 0.4) is 0 Å². The Balaban J connectivity index is 1.38. The lowest BCUT2D eigenvalue weighted by Crippen LogP contribution is -2.57. The Morgan fingerprint density at radius 1 is 1.21 bits per heavy atom. The lowest BCUT2D eigenvalue weighted by molar-refractivity contribution is -0.139. The number of benzene rings is 1. The number of imidazole rings is 1. The molecule has 1 aromatic carbocycles. The van der Waals surface area contributed by atoms with Crippen molar-refractivity contribution in [3.8, 4) is 0 Å². The van der Waals surface area contributed by atoms with Gasteiger partial charge in [-0.25, -0.2) is 4.98 Å². The predicted molar refractivity (Wildman–Crippen MR) is 109 cm³/mol. The minimum absolute atomic E-state index is 0.163. The number of hydrogen-bond acceptors (Lipinski definition) is 3. The first-order valence-corrected chi connectivity index (χ1v) is 10.2. The second-order valence-electron chi connectivity index (χ2n) is 8.21. The van der Waals surface area contributed by atoms with Crippen LogP contribution in [0, 0.1) is 0 Å². The first-order chi connectivity index (χ1) is 13.6. The summed E-state index contributed by atoms with van der Waals surface area (Å²) < 4.78 is 2.30. The number of hydrogen-bond donors (Lipinski definition) is 1. The summed E-state index contributed by atoms with van der Waals surface area (Å²) in [4.78, 5) is 24.9. The largest absolute Gasteiger partial charge is 0.348 e. The van der Waals surface area contributed by atoms with E-state index in [1.165, 1.54) is 22.3 Å². The molecular formula is C22H27N5O. The first-order valence-electron chi connectivity index (χ1n) is 10.2. The van der Waals surface area contributed by atoms with Crippen molar-refractivity contribution in [1.82, 2.24) is 24.3 Å². The van der Waals surface area contributed by atoms with Crippen LogP contribution in [0.5, 0.6) is 0 Å². The standard InChI is InChI=1S/C22H27N5O/c1-16(28)27-10-7-19-21(24-15-23-19)22(27)8-11-26(12-9-22)14-18-13-17-5-3-4-6-20(17)25(18)2/h3-6,13,15H,7-12,14H2,1-2H3,(H,23,24). The van der Waals surface area contributed by atoms with Crippen molar-refractivity contribution in [1.29, 1.82) is 0 Å². The molecule has 0 unspecified atom stereocenters. The Kier molecular flexibility index (Phi) is 4.05. The van der Waals surface area contributed by atoms with Crippen LogP contribution in [0.2, 0.25) is 0 Å². The van der Waals surface area contributed by atoms with Gasteiger partial charge in [-0.1, -0.05) is 18.2 Å². The van der Waals surface area contributed by atoms with Gasteiger partial charge in [-0.3, -0.25) is 9.69 Å². The number of para-hydroxylation sites is 1. The van der Waals surface area contributed by atoms with Crippen LogP contribution >= 0.6 is 0 Å². The fraction of sp³-hybridized carbons (Fsp3) is 0.455. The van der Waals surface area contributed by atoms with E-state index in [1.54, 1.807) is 13.3 Å². The number of carbonyl (C=O) groups excluding carboxylic acids is 1. The number of rotatable bonds is 2. The Bertz CT molecular complexity index is 1020. The molecule has 3 aromatic rings. The SMILES string of the molecule is CC(=O)N1CCc2[nH]cnc2C12CCN(Cc1cc3ccccc3n1C)CC2. The maximum Gasteiger partial charge on any atom is 0.220 e. The molecule has 0 bridgehead atoms. The van der Waals surface area contributed by atoms with Crippen LogP contribution < -0.4 is 0 Å². The van der Waals surface area contributed by atoms with Gasteiger partial charge < -0.3 is 14.5 Å². The van der Waals surface area contributed by atoms with Crippen molar-refractivity contribution in [3.63, 3.8) is 0 Å². The quantitative estimate of drug-likeness (QED) is 0.747. The lowest BCUT2D eigenvalue weighted by Gasteiger charge is -2.50. The number of aryl methyl sites for hydroxylation is 1. The molecule has 4 heterocycles. The van der Waals surface area contributed by atoms with Crippen LogP contribution in [-0.4, -0.2) is 49.9 Å². The number of aromatic amines is 1. The van der Waals surface area contributed by atoms with E-state index >= 15 is 0 Å². The number of nitrogens with zero attached hydrogens (tertiary/aromatic N) is 4. The number of piperidine rings is 1. The molecule has 5 rings (SSSR count). The Morgan fingerprint density at radius 3 is 2.75 bits per heavy atom. The minimum Gasteiger partial charge on any atom is -0.348 e. The molecule has 1 spiro atoms. The zero-order chi connectivity index (χ0) is 19.3. The Morgan fingerprint density at radius 2 is 2.00 bits per heavy atom. The van der Waals surface area contributed by atoms with Crippen LogP contribution in [-0.2, 0) is 30.3 Å². The molecule has 1 saturated heterocycles. The maximum atomic E-state index is 12.4. The van der Waals surface area contributed by atoms with Crippen LogP contribution in [0.15, 0.2) is 36.7 Å². The van der Waals surface area contributed by atoms with E-state index in [9.17, 15) is 4.79 Å². The average Bonchev–Trinajstić information content (AvgIpc) is 3.30. The molecule has 2 aliphatic heterocycles. The molecule has 146 valence electrons. The van der Waals surface area contributed by atoms with Crippen LogP contribution in [0.4, 0.5) is 0 Å². The van der Waals surface area contributed by atoms with E-state index in [0.29, 0.717) is 0 Å². The van der Waals surface area contributed by atoms with Gasteiger partial charge in [-0.05, 0) is 30.4 Å². The molecule has 2 aromatic heterocycles. The molecule has 0 aliphatic carbocycles. The summed E-state index contributed by atoms with van der Waals surface area (Å²) in [5.74, 6) is 0.163. The molecule has 1 N–H and O–H groups in total. The first kappa shape index (κ1) is 17.5. The highest BCUT2D eigenvalue weighted by Crippen LogP contribution is 2.42. The number of likely N-dealkylation sites (tertiary alicyclic amines) is 1. The Labute approximate surface area is 165 Å². The van der Waals surface area contributed by atoms with Gasteiger partial charge in [0, 0.05) is 63.5 Å². The smallest absolute Gasteiger partial charge is 0.220 e. The molecule has 2 aliphatic rings. The van der Waals surface area contributed by atoms with Gasteiger partial charge in [0.05, 0.1) is 17.6 Å².